The third kappa shape index (κ3) is 0.916. The second-order valence-electron chi connectivity index (χ2n) is 3.01. The Bertz CT molecular complexity index is 401. The molecule has 0 amide bonds. The van der Waals surface area contributed by atoms with E-state index in [1.54, 1.807) is 0 Å². The molecule has 0 fully saturated rings. The molecule has 0 bridgehead atoms. The van der Waals surface area contributed by atoms with Crippen molar-refractivity contribution in [3.05, 3.63) is 36.4 Å². The van der Waals surface area contributed by atoms with Crippen LogP contribution in [0.3, 0.4) is 0 Å². The third-order valence-electron chi connectivity index (χ3n) is 2.29. The molecule has 0 aliphatic heterocycles. The highest BCUT2D eigenvalue weighted by atomic mass is 15.0. The van der Waals surface area contributed by atoms with Crippen LogP contribution in [-0.2, 0) is 13.5 Å². The molecule has 0 saturated heterocycles. The summed E-state index contributed by atoms with van der Waals surface area (Å²) >= 11 is 0. The molecule has 0 aromatic carbocycles. The lowest BCUT2D eigenvalue weighted by Crippen LogP contribution is -2.33. The lowest BCUT2D eigenvalue weighted by Gasteiger charge is -1.99. The number of nitrogens with zero attached hydrogens (tertiary/aromatic N) is 2. The summed E-state index contributed by atoms with van der Waals surface area (Å²) in [6.07, 6.45) is 7.32. The van der Waals surface area contributed by atoms with Gasteiger partial charge in [0.2, 0.25) is 5.69 Å². The normalized spacial score (nSPS) is 10.8. The second kappa shape index (κ2) is 2.63. The van der Waals surface area contributed by atoms with E-state index in [4.69, 9.17) is 0 Å². The number of hydrogen-bond donors (Lipinski definition) is 0. The molecular formula is C10H13N2+. The van der Waals surface area contributed by atoms with E-state index in [0.29, 0.717) is 0 Å². The highest BCUT2D eigenvalue weighted by molar-refractivity contribution is 5.49. The molecule has 0 unspecified atom stereocenters. The summed E-state index contributed by atoms with van der Waals surface area (Å²) in [6.45, 7) is 2.18. The summed E-state index contributed by atoms with van der Waals surface area (Å²) in [5.74, 6) is 0. The van der Waals surface area contributed by atoms with Crippen molar-refractivity contribution in [2.24, 2.45) is 7.05 Å². The monoisotopic (exact) mass is 161 g/mol. The van der Waals surface area contributed by atoms with Crippen molar-refractivity contribution >= 4 is 5.52 Å². The van der Waals surface area contributed by atoms with Crippen LogP contribution in [0.2, 0.25) is 0 Å². The van der Waals surface area contributed by atoms with Crippen molar-refractivity contribution < 1.29 is 4.57 Å². The van der Waals surface area contributed by atoms with Crippen LogP contribution in [0, 0.1) is 0 Å². The Labute approximate surface area is 72.1 Å². The summed E-state index contributed by atoms with van der Waals surface area (Å²) in [5, 5.41) is 0. The molecule has 0 atom stereocenters. The molecule has 12 heavy (non-hydrogen) atoms. The average Bonchev–Trinajstić information content (AvgIpc) is 2.52. The van der Waals surface area contributed by atoms with Crippen LogP contribution in [0.25, 0.3) is 5.52 Å². The number of aryl methyl sites for hydroxylation is 2. The smallest absolute Gasteiger partial charge is 0.205 e. The van der Waals surface area contributed by atoms with Gasteiger partial charge in [0.05, 0.1) is 6.20 Å². The Balaban J connectivity index is 2.83. The van der Waals surface area contributed by atoms with Gasteiger partial charge in [-0.25, -0.2) is 4.57 Å². The second-order valence-corrected chi connectivity index (χ2v) is 3.01. The standard InChI is InChI=1S/C10H13N2/c1-3-9-10-5-4-6-12(10)8-7-11(9)2/h4-8H,3H2,1-2H3/q+1. The zero-order chi connectivity index (χ0) is 8.55. The van der Waals surface area contributed by atoms with Crippen LogP contribution in [0.1, 0.15) is 12.6 Å². The quantitative estimate of drug-likeness (QED) is 0.558. The first-order valence-corrected chi connectivity index (χ1v) is 4.27. The van der Waals surface area contributed by atoms with E-state index in [1.165, 1.54) is 11.2 Å². The van der Waals surface area contributed by atoms with Crippen molar-refractivity contribution in [1.29, 1.82) is 0 Å². The molecule has 0 radical (unpaired) electrons. The number of hydrogen-bond acceptors (Lipinski definition) is 0. The molecule has 2 heterocycles. The van der Waals surface area contributed by atoms with Gasteiger partial charge in [0.25, 0.3) is 0 Å². The predicted molar refractivity (Wildman–Crippen MR) is 48.0 cm³/mol. The van der Waals surface area contributed by atoms with Crippen molar-refractivity contribution in [1.82, 2.24) is 4.40 Å². The van der Waals surface area contributed by atoms with Crippen LogP contribution in [0.15, 0.2) is 30.7 Å². The topological polar surface area (TPSA) is 8.29 Å². The van der Waals surface area contributed by atoms with E-state index in [0.717, 1.165) is 6.42 Å². The molecule has 2 aromatic heterocycles. The van der Waals surface area contributed by atoms with Gasteiger partial charge in [-0.15, -0.1) is 0 Å². The van der Waals surface area contributed by atoms with E-state index >= 15 is 0 Å². The average molecular weight is 161 g/mol. The molecule has 0 spiro atoms. The molecule has 62 valence electrons. The van der Waals surface area contributed by atoms with Crippen LogP contribution in [0.5, 0.6) is 0 Å². The van der Waals surface area contributed by atoms with E-state index in [9.17, 15) is 0 Å². The Morgan fingerprint density at radius 2 is 2.25 bits per heavy atom. The predicted octanol–water partition coefficient (Wildman–Crippen LogP) is 1.33. The SMILES string of the molecule is CCc1c2cccn2cc[n+]1C. The first kappa shape index (κ1) is 7.35. The van der Waals surface area contributed by atoms with E-state index in [-0.39, 0.29) is 0 Å². The summed E-state index contributed by atoms with van der Waals surface area (Å²) < 4.78 is 4.33. The fourth-order valence-corrected chi connectivity index (χ4v) is 1.64. The highest BCUT2D eigenvalue weighted by Gasteiger charge is 2.08. The van der Waals surface area contributed by atoms with Gasteiger partial charge in [0, 0.05) is 12.6 Å². The van der Waals surface area contributed by atoms with Gasteiger partial charge in [-0.1, -0.05) is 6.92 Å². The van der Waals surface area contributed by atoms with E-state index < -0.39 is 0 Å². The lowest BCUT2D eigenvalue weighted by atomic mass is 10.3. The van der Waals surface area contributed by atoms with Crippen molar-refractivity contribution in [2.75, 3.05) is 0 Å². The van der Waals surface area contributed by atoms with Crippen molar-refractivity contribution in [3.8, 4) is 0 Å². The van der Waals surface area contributed by atoms with Crippen LogP contribution < -0.4 is 4.57 Å². The maximum Gasteiger partial charge on any atom is 0.205 e. The Morgan fingerprint density at radius 3 is 3.00 bits per heavy atom. The fraction of sp³-hybridized carbons (Fsp3) is 0.300. The van der Waals surface area contributed by atoms with Gasteiger partial charge in [-0.2, -0.15) is 0 Å². The molecule has 2 heteroatoms. The maximum absolute atomic E-state index is 2.18. The van der Waals surface area contributed by atoms with Gasteiger partial charge in [-0.3, -0.25) is 0 Å². The molecule has 0 aliphatic rings. The Morgan fingerprint density at radius 1 is 1.42 bits per heavy atom. The minimum atomic E-state index is 1.07. The zero-order valence-electron chi connectivity index (χ0n) is 7.49. The molecule has 2 aromatic rings. The van der Waals surface area contributed by atoms with Gasteiger partial charge in [0.15, 0.2) is 6.20 Å². The highest BCUT2D eigenvalue weighted by Crippen LogP contribution is 2.06. The Hall–Kier alpha value is -1.31. The molecular weight excluding hydrogens is 148 g/mol. The Kier molecular flexibility index (Phi) is 1.61. The molecule has 0 saturated carbocycles. The lowest BCUT2D eigenvalue weighted by molar-refractivity contribution is -0.678. The first-order valence-electron chi connectivity index (χ1n) is 4.27. The zero-order valence-corrected chi connectivity index (χ0v) is 7.49. The molecule has 2 rings (SSSR count). The summed E-state index contributed by atoms with van der Waals surface area (Å²) in [6, 6.07) is 4.23. The van der Waals surface area contributed by atoms with Gasteiger partial charge in [0.1, 0.15) is 12.6 Å². The van der Waals surface area contributed by atoms with Gasteiger partial charge in [-0.05, 0) is 12.1 Å². The fourth-order valence-electron chi connectivity index (χ4n) is 1.64. The van der Waals surface area contributed by atoms with Crippen LogP contribution in [0.4, 0.5) is 0 Å². The molecule has 2 nitrogen and oxygen atoms in total. The minimum Gasteiger partial charge on any atom is -0.313 e. The number of aromatic nitrogens is 2. The number of rotatable bonds is 1. The molecule has 0 N–H and O–H groups in total. The summed E-state index contributed by atoms with van der Waals surface area (Å²) in [7, 11) is 2.09. The van der Waals surface area contributed by atoms with Crippen LogP contribution in [-0.4, -0.2) is 4.40 Å². The number of fused-ring (bicyclic) bond motifs is 1. The van der Waals surface area contributed by atoms with Gasteiger partial charge >= 0.3 is 0 Å². The third-order valence-corrected chi connectivity index (χ3v) is 2.29. The summed E-state index contributed by atoms with van der Waals surface area (Å²) in [5.41, 5.74) is 2.69. The van der Waals surface area contributed by atoms with Crippen molar-refractivity contribution in [3.63, 3.8) is 0 Å². The van der Waals surface area contributed by atoms with E-state index in [1.807, 2.05) is 0 Å². The van der Waals surface area contributed by atoms with Crippen molar-refractivity contribution in [2.45, 2.75) is 13.3 Å². The first-order chi connectivity index (χ1) is 5.83. The summed E-state index contributed by atoms with van der Waals surface area (Å²) in [4.78, 5) is 0. The van der Waals surface area contributed by atoms with Crippen LogP contribution >= 0.6 is 0 Å². The maximum atomic E-state index is 2.18. The molecule has 0 aliphatic carbocycles. The van der Waals surface area contributed by atoms with E-state index in [2.05, 4.69) is 53.7 Å². The largest absolute Gasteiger partial charge is 0.313 e. The van der Waals surface area contributed by atoms with Gasteiger partial charge < -0.3 is 4.40 Å². The minimum absolute atomic E-state index is 1.07.